The zero-order chi connectivity index (χ0) is 15.5. The molecule has 0 heterocycles. The number of carbonyl (C=O) groups is 1. The molecule has 122 valence electrons. The van der Waals surface area contributed by atoms with Crippen LogP contribution in [-0.2, 0) is 9.53 Å². The first kappa shape index (κ1) is 17.8. The zero-order valence-electron chi connectivity index (χ0n) is 13.3. The van der Waals surface area contributed by atoms with Crippen LogP contribution in [0.25, 0.3) is 0 Å². The van der Waals surface area contributed by atoms with Crippen molar-refractivity contribution in [2.45, 2.75) is 64.7 Å². The summed E-state index contributed by atoms with van der Waals surface area (Å²) in [4.78, 5) is 12.0. The van der Waals surface area contributed by atoms with E-state index < -0.39 is 0 Å². The number of hydrogen-bond donors (Lipinski definition) is 3. The van der Waals surface area contributed by atoms with E-state index in [9.17, 15) is 4.79 Å². The minimum atomic E-state index is -0.0107. The van der Waals surface area contributed by atoms with Crippen molar-refractivity contribution in [3.8, 4) is 0 Å². The topological polar surface area (TPSA) is 88.2 Å². The summed E-state index contributed by atoms with van der Waals surface area (Å²) in [5, 5.41) is 10.0. The van der Waals surface area contributed by atoms with Gasteiger partial charge in [0.1, 0.15) is 0 Å². The Labute approximate surface area is 128 Å². The fourth-order valence-corrected chi connectivity index (χ4v) is 2.85. The lowest BCUT2D eigenvalue weighted by molar-refractivity contribution is -0.150. The quantitative estimate of drug-likeness (QED) is 0.264. The van der Waals surface area contributed by atoms with Crippen molar-refractivity contribution < 1.29 is 9.53 Å². The molecule has 0 atom stereocenters. The van der Waals surface area contributed by atoms with Gasteiger partial charge in [-0.2, -0.15) is 0 Å². The maximum Gasteiger partial charge on any atom is 0.308 e. The van der Waals surface area contributed by atoms with Crippen molar-refractivity contribution in [3.63, 3.8) is 0 Å². The summed E-state index contributed by atoms with van der Waals surface area (Å²) >= 11 is 0. The molecule has 0 amide bonds. The fourth-order valence-electron chi connectivity index (χ4n) is 2.85. The Kier molecular flexibility index (Phi) is 8.87. The molecule has 0 aromatic rings. The van der Waals surface area contributed by atoms with E-state index in [-0.39, 0.29) is 17.8 Å². The van der Waals surface area contributed by atoms with Gasteiger partial charge in [-0.15, -0.1) is 0 Å². The lowest BCUT2D eigenvalue weighted by Gasteiger charge is -2.27. The van der Waals surface area contributed by atoms with Crippen molar-refractivity contribution >= 4 is 11.9 Å². The highest BCUT2D eigenvalue weighted by molar-refractivity contribution is 5.74. The molecule has 0 spiro atoms. The Morgan fingerprint density at radius 2 is 1.86 bits per heavy atom. The lowest BCUT2D eigenvalue weighted by atomic mass is 9.82. The van der Waals surface area contributed by atoms with E-state index in [1.807, 2.05) is 0 Å². The normalized spacial score (nSPS) is 21.8. The van der Waals surface area contributed by atoms with E-state index in [0.717, 1.165) is 45.1 Å². The molecular formula is C16H31N3O2. The summed E-state index contributed by atoms with van der Waals surface area (Å²) in [5.41, 5.74) is 5.28. The Hall–Kier alpha value is -1.26. The monoisotopic (exact) mass is 297 g/mol. The Morgan fingerprint density at radius 3 is 2.48 bits per heavy atom. The third-order valence-electron chi connectivity index (χ3n) is 4.25. The second kappa shape index (κ2) is 10.5. The Morgan fingerprint density at radius 1 is 1.19 bits per heavy atom. The number of ether oxygens (including phenoxy) is 1. The van der Waals surface area contributed by atoms with Gasteiger partial charge in [0.25, 0.3) is 0 Å². The maximum absolute atomic E-state index is 12.0. The second-order valence-electron chi connectivity index (χ2n) is 6.09. The first-order valence-electron chi connectivity index (χ1n) is 8.38. The number of nitrogens with one attached hydrogen (secondary N) is 2. The summed E-state index contributed by atoms with van der Waals surface area (Å²) in [7, 11) is 0. The molecule has 1 aliphatic carbocycles. The molecule has 0 saturated heterocycles. The van der Waals surface area contributed by atoms with Crippen LogP contribution in [0, 0.1) is 17.2 Å². The van der Waals surface area contributed by atoms with Gasteiger partial charge in [-0.1, -0.05) is 32.6 Å². The Bertz CT molecular complexity index is 313. The molecule has 0 aromatic heterocycles. The van der Waals surface area contributed by atoms with Gasteiger partial charge in [-0.05, 0) is 38.0 Å². The summed E-state index contributed by atoms with van der Waals surface area (Å²) in [6.07, 6.45) is 9.72. The van der Waals surface area contributed by atoms with Crippen molar-refractivity contribution in [2.75, 3.05) is 13.2 Å². The van der Waals surface area contributed by atoms with Gasteiger partial charge < -0.3 is 15.8 Å². The van der Waals surface area contributed by atoms with Crippen LogP contribution in [0.2, 0.25) is 0 Å². The van der Waals surface area contributed by atoms with Gasteiger partial charge in [-0.25, -0.2) is 0 Å². The van der Waals surface area contributed by atoms with Crippen LogP contribution in [0.5, 0.6) is 0 Å². The summed E-state index contributed by atoms with van der Waals surface area (Å²) < 4.78 is 5.39. The number of unbranched alkanes of at least 4 members (excludes halogenated alkanes) is 4. The average Bonchev–Trinajstić information content (AvgIpc) is 2.49. The molecule has 1 saturated carbocycles. The summed E-state index contributed by atoms with van der Waals surface area (Å²) in [6, 6.07) is 0. The van der Waals surface area contributed by atoms with Crippen LogP contribution in [-0.4, -0.2) is 25.1 Å². The number of carbonyl (C=O) groups excluding carboxylic acids is 1. The average molecular weight is 297 g/mol. The van der Waals surface area contributed by atoms with Gasteiger partial charge in [0.2, 0.25) is 0 Å². The van der Waals surface area contributed by atoms with Crippen LogP contribution in [0.1, 0.15) is 64.7 Å². The number of guanidine groups is 1. The van der Waals surface area contributed by atoms with Crippen LogP contribution in [0.15, 0.2) is 0 Å². The molecule has 4 N–H and O–H groups in total. The van der Waals surface area contributed by atoms with Crippen molar-refractivity contribution in [1.29, 1.82) is 5.41 Å². The minimum absolute atomic E-state index is 0.0107. The molecule has 1 fully saturated rings. The van der Waals surface area contributed by atoms with E-state index in [1.54, 1.807) is 0 Å². The van der Waals surface area contributed by atoms with Gasteiger partial charge >= 0.3 is 5.97 Å². The SMILES string of the molecule is CCCCCCCOC(=O)C1CCC(CNC(=N)N)CC1. The third kappa shape index (κ3) is 7.93. The largest absolute Gasteiger partial charge is 0.465 e. The smallest absolute Gasteiger partial charge is 0.308 e. The van der Waals surface area contributed by atoms with E-state index in [1.165, 1.54) is 19.3 Å². The zero-order valence-corrected chi connectivity index (χ0v) is 13.3. The van der Waals surface area contributed by atoms with Crippen molar-refractivity contribution in [1.82, 2.24) is 5.32 Å². The van der Waals surface area contributed by atoms with E-state index in [0.29, 0.717) is 12.5 Å². The summed E-state index contributed by atoms with van der Waals surface area (Å²) in [6.45, 7) is 3.52. The molecule has 0 bridgehead atoms. The minimum Gasteiger partial charge on any atom is -0.465 e. The number of rotatable bonds is 9. The van der Waals surface area contributed by atoms with Crippen LogP contribution < -0.4 is 11.1 Å². The molecular weight excluding hydrogens is 266 g/mol. The highest BCUT2D eigenvalue weighted by atomic mass is 16.5. The van der Waals surface area contributed by atoms with E-state index >= 15 is 0 Å². The number of hydrogen-bond acceptors (Lipinski definition) is 3. The van der Waals surface area contributed by atoms with Gasteiger partial charge in [0.15, 0.2) is 5.96 Å². The van der Waals surface area contributed by atoms with Gasteiger partial charge in [0, 0.05) is 6.54 Å². The highest BCUT2D eigenvalue weighted by Gasteiger charge is 2.27. The van der Waals surface area contributed by atoms with E-state index in [4.69, 9.17) is 15.9 Å². The molecule has 0 radical (unpaired) electrons. The predicted molar refractivity (Wildman–Crippen MR) is 85.1 cm³/mol. The predicted octanol–water partition coefficient (Wildman–Crippen LogP) is 2.79. The molecule has 21 heavy (non-hydrogen) atoms. The molecule has 5 nitrogen and oxygen atoms in total. The highest BCUT2D eigenvalue weighted by Crippen LogP contribution is 2.29. The molecule has 5 heteroatoms. The lowest BCUT2D eigenvalue weighted by Crippen LogP contribution is -2.36. The number of esters is 1. The first-order chi connectivity index (χ1) is 10.1. The van der Waals surface area contributed by atoms with Gasteiger partial charge in [0.05, 0.1) is 12.5 Å². The van der Waals surface area contributed by atoms with Crippen LogP contribution >= 0.6 is 0 Å². The van der Waals surface area contributed by atoms with Crippen molar-refractivity contribution in [3.05, 3.63) is 0 Å². The van der Waals surface area contributed by atoms with Crippen LogP contribution in [0.4, 0.5) is 0 Å². The molecule has 0 aliphatic heterocycles. The third-order valence-corrected chi connectivity index (χ3v) is 4.25. The summed E-state index contributed by atoms with van der Waals surface area (Å²) in [5.74, 6) is 0.615. The van der Waals surface area contributed by atoms with Gasteiger partial charge in [-0.3, -0.25) is 10.2 Å². The second-order valence-corrected chi connectivity index (χ2v) is 6.09. The fraction of sp³-hybridized carbons (Fsp3) is 0.875. The number of nitrogens with two attached hydrogens (primary N) is 1. The van der Waals surface area contributed by atoms with Crippen LogP contribution in [0.3, 0.4) is 0 Å². The molecule has 0 unspecified atom stereocenters. The molecule has 1 rings (SSSR count). The van der Waals surface area contributed by atoms with E-state index in [2.05, 4.69) is 12.2 Å². The first-order valence-corrected chi connectivity index (χ1v) is 8.38. The standard InChI is InChI=1S/C16H31N3O2/c1-2-3-4-5-6-11-21-15(20)14-9-7-13(8-10-14)12-19-16(17)18/h13-14H,2-12H2,1H3,(H4,17,18,19). The van der Waals surface area contributed by atoms with Crippen molar-refractivity contribution in [2.24, 2.45) is 17.6 Å². The molecule has 1 aliphatic rings. The Balaban J connectivity index is 2.07. The maximum atomic E-state index is 12.0. The molecule has 0 aromatic carbocycles.